The predicted octanol–water partition coefficient (Wildman–Crippen LogP) is 1.95. The number of aliphatic imine (C=N–C) groups is 1. The Hall–Kier alpha value is -1.75. The molecule has 0 aliphatic carbocycles. The van der Waals surface area contributed by atoms with Crippen LogP contribution in [-0.4, -0.2) is 42.8 Å². The van der Waals surface area contributed by atoms with E-state index in [0.29, 0.717) is 0 Å². The molecule has 138 valence electrons. The van der Waals surface area contributed by atoms with Gasteiger partial charge in [-0.05, 0) is 24.6 Å². The Bertz CT molecular complexity index is 858. The molecule has 1 aliphatic heterocycles. The second kappa shape index (κ2) is 6.52. The van der Waals surface area contributed by atoms with Crippen molar-refractivity contribution in [3.8, 4) is 0 Å². The number of hydrogen-bond donors (Lipinski definition) is 1. The molecular weight excluding hydrogens is 382 g/mol. The SMILES string of the molecule is CN1C(N)=N[C@](C)(c2cc(CC(=S)C(F)F)cc(F)c2F)CS1(=O)=O. The van der Waals surface area contributed by atoms with Gasteiger partial charge >= 0.3 is 0 Å². The van der Waals surface area contributed by atoms with Crippen LogP contribution in [0.25, 0.3) is 0 Å². The first kappa shape index (κ1) is 19.6. The number of sulfonamides is 1. The van der Waals surface area contributed by atoms with E-state index >= 15 is 0 Å². The zero-order chi connectivity index (χ0) is 19.2. The van der Waals surface area contributed by atoms with Crippen molar-refractivity contribution in [1.82, 2.24) is 4.31 Å². The maximum Gasteiger partial charge on any atom is 0.270 e. The molecule has 0 amide bonds. The van der Waals surface area contributed by atoms with E-state index in [1.807, 2.05) is 0 Å². The molecule has 0 fully saturated rings. The summed E-state index contributed by atoms with van der Waals surface area (Å²) in [6, 6.07) is 1.83. The number of nitrogens with two attached hydrogens (primary N) is 1. The molecule has 11 heteroatoms. The Kier molecular flexibility index (Phi) is 5.11. The summed E-state index contributed by atoms with van der Waals surface area (Å²) in [5.41, 5.74) is 3.47. The van der Waals surface area contributed by atoms with Gasteiger partial charge in [0.15, 0.2) is 11.6 Å². The molecule has 2 N–H and O–H groups in total. The lowest BCUT2D eigenvalue weighted by Gasteiger charge is -2.34. The third kappa shape index (κ3) is 3.76. The van der Waals surface area contributed by atoms with E-state index in [4.69, 9.17) is 5.73 Å². The van der Waals surface area contributed by atoms with Gasteiger partial charge in [0.25, 0.3) is 6.43 Å². The largest absolute Gasteiger partial charge is 0.369 e. The van der Waals surface area contributed by atoms with Crippen LogP contribution in [0.1, 0.15) is 18.1 Å². The Morgan fingerprint density at radius 1 is 1.44 bits per heavy atom. The van der Waals surface area contributed by atoms with Gasteiger partial charge in [0.05, 0.1) is 10.6 Å². The highest BCUT2D eigenvalue weighted by Gasteiger charge is 2.42. The van der Waals surface area contributed by atoms with E-state index in [2.05, 4.69) is 17.2 Å². The van der Waals surface area contributed by atoms with Gasteiger partial charge in [0, 0.05) is 19.0 Å². The Morgan fingerprint density at radius 2 is 2.04 bits per heavy atom. The highest BCUT2D eigenvalue weighted by molar-refractivity contribution is 7.89. The minimum absolute atomic E-state index is 0.00878. The molecule has 25 heavy (non-hydrogen) atoms. The van der Waals surface area contributed by atoms with Crippen molar-refractivity contribution in [2.24, 2.45) is 10.7 Å². The van der Waals surface area contributed by atoms with Crippen LogP contribution < -0.4 is 5.73 Å². The molecule has 1 aliphatic rings. The van der Waals surface area contributed by atoms with Crippen molar-refractivity contribution in [3.63, 3.8) is 0 Å². The summed E-state index contributed by atoms with van der Waals surface area (Å²) < 4.78 is 78.5. The van der Waals surface area contributed by atoms with Crippen molar-refractivity contribution >= 4 is 33.1 Å². The van der Waals surface area contributed by atoms with E-state index in [1.54, 1.807) is 0 Å². The maximum atomic E-state index is 14.3. The van der Waals surface area contributed by atoms with E-state index in [1.165, 1.54) is 14.0 Å². The summed E-state index contributed by atoms with van der Waals surface area (Å²) in [7, 11) is -2.72. The third-order valence-electron chi connectivity index (χ3n) is 3.85. The molecule has 0 saturated carbocycles. The summed E-state index contributed by atoms with van der Waals surface area (Å²) >= 11 is 4.52. The van der Waals surface area contributed by atoms with Crippen LogP contribution >= 0.6 is 12.2 Å². The average Bonchev–Trinajstić information content (AvgIpc) is 2.47. The second-order valence-corrected chi connectivity index (χ2v) is 8.38. The van der Waals surface area contributed by atoms with E-state index in [9.17, 15) is 26.0 Å². The molecule has 5 nitrogen and oxygen atoms in total. The number of benzene rings is 1. The van der Waals surface area contributed by atoms with Crippen molar-refractivity contribution in [2.75, 3.05) is 12.8 Å². The van der Waals surface area contributed by atoms with Crippen molar-refractivity contribution in [1.29, 1.82) is 0 Å². The molecule has 0 aromatic heterocycles. The summed E-state index contributed by atoms with van der Waals surface area (Å²) in [5, 5.41) is 0. The summed E-state index contributed by atoms with van der Waals surface area (Å²) in [6.07, 6.45) is -3.35. The molecule has 0 spiro atoms. The topological polar surface area (TPSA) is 75.8 Å². The summed E-state index contributed by atoms with van der Waals surface area (Å²) in [5.74, 6) is -3.67. The van der Waals surface area contributed by atoms with E-state index in [-0.39, 0.29) is 17.1 Å². The fourth-order valence-electron chi connectivity index (χ4n) is 2.51. The standard InChI is InChI=1S/C14H15F4N3O2S2/c1-14(6-25(22,23)21(2)13(19)20-14)8-3-7(4-9(15)11(8)16)5-10(24)12(17)18/h3-4,12H,5-6H2,1-2H3,(H2,19,20)/t14-/m0/s1. The zero-order valence-corrected chi connectivity index (χ0v) is 14.9. The quantitative estimate of drug-likeness (QED) is 0.623. The second-order valence-electron chi connectivity index (χ2n) is 5.85. The van der Waals surface area contributed by atoms with Crippen LogP contribution in [0, 0.1) is 11.6 Å². The summed E-state index contributed by atoms with van der Waals surface area (Å²) in [4.78, 5) is 3.33. The minimum Gasteiger partial charge on any atom is -0.369 e. The van der Waals surface area contributed by atoms with Crippen molar-refractivity contribution in [2.45, 2.75) is 25.3 Å². The zero-order valence-electron chi connectivity index (χ0n) is 13.3. The maximum absolute atomic E-state index is 14.3. The van der Waals surface area contributed by atoms with E-state index in [0.717, 1.165) is 16.4 Å². The normalized spacial score (nSPS) is 22.8. The van der Waals surface area contributed by atoms with Gasteiger partial charge in [-0.15, -0.1) is 0 Å². The van der Waals surface area contributed by atoms with Crippen LogP contribution in [0.3, 0.4) is 0 Å². The number of thiocarbonyl (C=S) groups is 1. The lowest BCUT2D eigenvalue weighted by molar-refractivity contribution is 0.227. The van der Waals surface area contributed by atoms with Crippen LogP contribution in [0.4, 0.5) is 17.6 Å². The highest BCUT2D eigenvalue weighted by atomic mass is 32.2. The first-order valence-corrected chi connectivity index (χ1v) is 9.00. The van der Waals surface area contributed by atoms with Crippen LogP contribution in [0.5, 0.6) is 0 Å². The molecule has 1 atom stereocenters. The van der Waals surface area contributed by atoms with Crippen LogP contribution in [-0.2, 0) is 22.0 Å². The fourth-order valence-corrected chi connectivity index (χ4v) is 4.12. The third-order valence-corrected chi connectivity index (χ3v) is 6.13. The monoisotopic (exact) mass is 397 g/mol. The number of hydrogen-bond acceptors (Lipinski definition) is 5. The number of halogens is 4. The Labute approximate surface area is 147 Å². The Morgan fingerprint density at radius 3 is 2.56 bits per heavy atom. The minimum atomic E-state index is -3.90. The number of alkyl halides is 2. The van der Waals surface area contributed by atoms with Gasteiger partial charge in [-0.1, -0.05) is 12.2 Å². The van der Waals surface area contributed by atoms with Crippen molar-refractivity contribution in [3.05, 3.63) is 34.9 Å². The first-order valence-electron chi connectivity index (χ1n) is 6.98. The van der Waals surface area contributed by atoms with Gasteiger partial charge in [-0.2, -0.15) is 0 Å². The Balaban J connectivity index is 2.58. The van der Waals surface area contributed by atoms with Crippen LogP contribution in [0.2, 0.25) is 0 Å². The van der Waals surface area contributed by atoms with Gasteiger partial charge in [0.2, 0.25) is 16.0 Å². The van der Waals surface area contributed by atoms with Gasteiger partial charge in [-0.3, -0.25) is 0 Å². The lowest BCUT2D eigenvalue weighted by Crippen LogP contribution is -2.50. The van der Waals surface area contributed by atoms with Crippen LogP contribution in [0.15, 0.2) is 17.1 Å². The van der Waals surface area contributed by atoms with E-state index < -0.39 is 50.7 Å². The molecule has 0 unspecified atom stereocenters. The first-order chi connectivity index (χ1) is 11.4. The number of rotatable bonds is 4. The predicted molar refractivity (Wildman–Crippen MR) is 89.2 cm³/mol. The van der Waals surface area contributed by atoms with Crippen molar-refractivity contribution < 1.29 is 26.0 Å². The molecule has 1 aromatic rings. The molecule has 0 saturated heterocycles. The summed E-state index contributed by atoms with van der Waals surface area (Å²) in [6.45, 7) is 1.28. The molecule has 2 rings (SSSR count). The number of guanidine groups is 1. The fraction of sp³-hybridized carbons (Fsp3) is 0.429. The molecule has 0 bridgehead atoms. The van der Waals surface area contributed by atoms with Gasteiger partial charge in [-0.25, -0.2) is 35.3 Å². The van der Waals surface area contributed by atoms with Gasteiger partial charge in [0.1, 0.15) is 5.54 Å². The molecular formula is C14H15F4N3O2S2. The molecule has 1 heterocycles. The number of nitrogens with zero attached hydrogens (tertiary/aromatic N) is 2. The smallest absolute Gasteiger partial charge is 0.270 e. The van der Waals surface area contributed by atoms with Gasteiger partial charge < -0.3 is 5.73 Å². The molecule has 0 radical (unpaired) electrons. The highest BCUT2D eigenvalue weighted by Crippen LogP contribution is 2.35. The molecule has 1 aromatic carbocycles. The average molecular weight is 397 g/mol. The lowest BCUT2D eigenvalue weighted by atomic mass is 9.91.